The van der Waals surface area contributed by atoms with E-state index in [1.54, 1.807) is 48.5 Å². The number of ether oxygens (including phenoxy) is 1. The monoisotopic (exact) mass is 475 g/mol. The molecule has 0 spiro atoms. The van der Waals surface area contributed by atoms with Crippen LogP contribution >= 0.6 is 23.4 Å². The molecule has 0 fully saturated rings. The number of halogens is 1. The van der Waals surface area contributed by atoms with Crippen molar-refractivity contribution in [2.24, 2.45) is 0 Å². The van der Waals surface area contributed by atoms with E-state index < -0.39 is 11.8 Å². The van der Waals surface area contributed by atoms with Gasteiger partial charge in [-0.3, -0.25) is 25.2 Å². The van der Waals surface area contributed by atoms with E-state index in [9.17, 15) is 14.4 Å². The number of rotatable bonds is 8. The third-order valence-electron chi connectivity index (χ3n) is 3.71. The molecule has 0 radical (unpaired) electrons. The molecule has 10 nitrogen and oxygen atoms in total. The summed E-state index contributed by atoms with van der Waals surface area (Å²) in [6, 6.07) is 13.4. The van der Waals surface area contributed by atoms with Crippen LogP contribution in [0.5, 0.6) is 5.75 Å². The zero-order valence-corrected chi connectivity index (χ0v) is 18.3. The second kappa shape index (κ2) is 11.2. The molecule has 3 aromatic rings. The van der Waals surface area contributed by atoms with Crippen molar-refractivity contribution in [3.63, 3.8) is 0 Å². The van der Waals surface area contributed by atoms with Gasteiger partial charge in [0, 0.05) is 23.2 Å². The topological polar surface area (TPSA) is 135 Å². The second-order valence-corrected chi connectivity index (χ2v) is 7.62. The first-order chi connectivity index (χ1) is 15.4. The van der Waals surface area contributed by atoms with Gasteiger partial charge in [-0.05, 0) is 48.5 Å². The van der Waals surface area contributed by atoms with Crippen molar-refractivity contribution in [3.8, 4) is 17.2 Å². The third kappa shape index (κ3) is 7.29. The van der Waals surface area contributed by atoms with Crippen molar-refractivity contribution < 1.29 is 23.5 Å². The van der Waals surface area contributed by atoms with Crippen molar-refractivity contribution in [2.75, 3.05) is 17.7 Å². The zero-order chi connectivity index (χ0) is 22.9. The van der Waals surface area contributed by atoms with Crippen molar-refractivity contribution in [1.29, 1.82) is 0 Å². The summed E-state index contributed by atoms with van der Waals surface area (Å²) in [4.78, 5) is 34.7. The maximum atomic E-state index is 11.9. The van der Waals surface area contributed by atoms with Crippen molar-refractivity contribution in [2.45, 2.75) is 12.1 Å². The predicted octanol–water partition coefficient (Wildman–Crippen LogP) is 2.67. The molecule has 0 bridgehead atoms. The van der Waals surface area contributed by atoms with Gasteiger partial charge in [0.2, 0.25) is 17.7 Å². The van der Waals surface area contributed by atoms with Crippen molar-refractivity contribution in [1.82, 2.24) is 21.0 Å². The van der Waals surface area contributed by atoms with E-state index in [-0.39, 0.29) is 29.4 Å². The highest BCUT2D eigenvalue weighted by molar-refractivity contribution is 7.99. The molecule has 2 aromatic carbocycles. The van der Waals surface area contributed by atoms with Gasteiger partial charge in [-0.1, -0.05) is 23.4 Å². The van der Waals surface area contributed by atoms with E-state index in [1.807, 2.05) is 0 Å². The van der Waals surface area contributed by atoms with Crippen LogP contribution in [0, 0.1) is 0 Å². The quantitative estimate of drug-likeness (QED) is 0.334. The molecule has 166 valence electrons. The van der Waals surface area contributed by atoms with Crippen LogP contribution in [-0.4, -0.2) is 40.3 Å². The van der Waals surface area contributed by atoms with Crippen LogP contribution in [-0.2, 0) is 14.4 Å². The number of nitrogens with zero attached hydrogens (tertiary/aromatic N) is 2. The summed E-state index contributed by atoms with van der Waals surface area (Å²) in [5.41, 5.74) is 5.83. The predicted molar refractivity (Wildman–Crippen MR) is 118 cm³/mol. The molecule has 0 aliphatic heterocycles. The Morgan fingerprint density at radius 1 is 1.00 bits per heavy atom. The maximum absolute atomic E-state index is 11.9. The van der Waals surface area contributed by atoms with Crippen molar-refractivity contribution in [3.05, 3.63) is 53.6 Å². The Balaban J connectivity index is 1.39. The number of aromatic nitrogens is 2. The highest BCUT2D eigenvalue weighted by atomic mass is 35.5. The molecule has 12 heteroatoms. The van der Waals surface area contributed by atoms with Crippen molar-refractivity contribution >= 4 is 46.8 Å². The van der Waals surface area contributed by atoms with Gasteiger partial charge in [0.25, 0.3) is 11.1 Å². The summed E-state index contributed by atoms with van der Waals surface area (Å²) < 4.78 is 10.8. The summed E-state index contributed by atoms with van der Waals surface area (Å²) in [5.74, 6) is -0.465. The van der Waals surface area contributed by atoms with E-state index in [0.717, 1.165) is 11.8 Å². The molecule has 0 unspecified atom stereocenters. The fraction of sp³-hybridized carbons (Fsp3) is 0.150. The minimum absolute atomic E-state index is 0.0541. The number of carbonyl (C=O) groups excluding carboxylic acids is 3. The largest absolute Gasteiger partial charge is 0.484 e. The molecule has 3 amide bonds. The van der Waals surface area contributed by atoms with Crippen LogP contribution in [0.2, 0.25) is 5.02 Å². The fourth-order valence-corrected chi connectivity index (χ4v) is 2.99. The van der Waals surface area contributed by atoms with Crippen LogP contribution in [0.1, 0.15) is 6.92 Å². The molecule has 0 saturated carbocycles. The van der Waals surface area contributed by atoms with E-state index in [4.69, 9.17) is 20.8 Å². The molecule has 32 heavy (non-hydrogen) atoms. The number of amides is 3. The van der Waals surface area contributed by atoms with Gasteiger partial charge < -0.3 is 14.5 Å². The summed E-state index contributed by atoms with van der Waals surface area (Å²) >= 11 is 6.79. The first-order valence-electron chi connectivity index (χ1n) is 9.19. The number of thioether (sulfide) groups is 1. The Kier molecular flexibility index (Phi) is 8.06. The summed E-state index contributed by atoms with van der Waals surface area (Å²) in [7, 11) is 0. The standard InChI is InChI=1S/C20H18ClN5O5S/c1-12(27)22-15-6-2-13(3-7-15)19-25-26-20(31-19)32-11-18(29)24-23-17(28)10-30-16-8-4-14(21)5-9-16/h2-9H,10-11H2,1H3,(H,22,27)(H,23,28)(H,24,29). The lowest BCUT2D eigenvalue weighted by atomic mass is 10.2. The van der Waals surface area contributed by atoms with Gasteiger partial charge in [-0.25, -0.2) is 0 Å². The van der Waals surface area contributed by atoms with Crippen LogP contribution in [0.25, 0.3) is 11.5 Å². The van der Waals surface area contributed by atoms with Crippen LogP contribution in [0.15, 0.2) is 58.2 Å². The third-order valence-corrected chi connectivity index (χ3v) is 4.78. The summed E-state index contributed by atoms with van der Waals surface area (Å²) in [6.45, 7) is 1.15. The molecular formula is C20H18ClN5O5S. The highest BCUT2D eigenvalue weighted by Crippen LogP contribution is 2.24. The zero-order valence-electron chi connectivity index (χ0n) is 16.8. The molecule has 3 rings (SSSR count). The number of carbonyl (C=O) groups is 3. The number of nitrogens with one attached hydrogen (secondary N) is 3. The lowest BCUT2D eigenvalue weighted by molar-refractivity contribution is -0.128. The van der Waals surface area contributed by atoms with Gasteiger partial charge in [0.1, 0.15) is 5.75 Å². The van der Waals surface area contributed by atoms with E-state index in [0.29, 0.717) is 22.0 Å². The number of hydrogen-bond acceptors (Lipinski definition) is 8. The lowest BCUT2D eigenvalue weighted by Gasteiger charge is -2.08. The Bertz CT molecular complexity index is 1090. The molecular weight excluding hydrogens is 458 g/mol. The molecule has 0 atom stereocenters. The van der Waals surface area contributed by atoms with E-state index >= 15 is 0 Å². The number of hydrogen-bond donors (Lipinski definition) is 3. The molecule has 1 heterocycles. The molecule has 0 saturated heterocycles. The van der Waals surface area contributed by atoms with Gasteiger partial charge in [0.15, 0.2) is 6.61 Å². The first kappa shape index (κ1) is 23.1. The number of hydrazine groups is 1. The maximum Gasteiger partial charge on any atom is 0.277 e. The normalized spacial score (nSPS) is 10.3. The van der Waals surface area contributed by atoms with E-state index in [1.165, 1.54) is 6.92 Å². The highest BCUT2D eigenvalue weighted by Gasteiger charge is 2.12. The summed E-state index contributed by atoms with van der Waals surface area (Å²) in [5, 5.41) is 11.2. The van der Waals surface area contributed by atoms with Crippen LogP contribution in [0.3, 0.4) is 0 Å². The van der Waals surface area contributed by atoms with E-state index in [2.05, 4.69) is 26.4 Å². The van der Waals surface area contributed by atoms with Crippen LogP contribution < -0.4 is 20.9 Å². The average Bonchev–Trinajstić information content (AvgIpc) is 3.25. The fourth-order valence-electron chi connectivity index (χ4n) is 2.30. The minimum Gasteiger partial charge on any atom is -0.484 e. The smallest absolute Gasteiger partial charge is 0.277 e. The Labute approximate surface area is 192 Å². The van der Waals surface area contributed by atoms with Gasteiger partial charge >= 0.3 is 0 Å². The molecule has 0 aliphatic carbocycles. The Morgan fingerprint density at radius 2 is 1.69 bits per heavy atom. The average molecular weight is 476 g/mol. The SMILES string of the molecule is CC(=O)Nc1ccc(-c2nnc(SCC(=O)NNC(=O)COc3ccc(Cl)cc3)o2)cc1. The molecule has 0 aliphatic rings. The first-order valence-corrected chi connectivity index (χ1v) is 10.6. The second-order valence-electron chi connectivity index (χ2n) is 6.26. The Morgan fingerprint density at radius 3 is 2.38 bits per heavy atom. The summed E-state index contributed by atoms with van der Waals surface area (Å²) in [6.07, 6.45) is 0. The van der Waals surface area contributed by atoms with Gasteiger partial charge in [-0.15, -0.1) is 10.2 Å². The van der Waals surface area contributed by atoms with Gasteiger partial charge in [-0.2, -0.15) is 0 Å². The number of anilines is 1. The van der Waals surface area contributed by atoms with Crippen LogP contribution in [0.4, 0.5) is 5.69 Å². The minimum atomic E-state index is -0.527. The number of benzene rings is 2. The van der Waals surface area contributed by atoms with Gasteiger partial charge in [0.05, 0.1) is 5.75 Å². The molecule has 3 N–H and O–H groups in total. The Hall–Kier alpha value is -3.57. The lowest BCUT2D eigenvalue weighted by Crippen LogP contribution is -2.44. The molecule has 1 aromatic heterocycles.